The van der Waals surface area contributed by atoms with Gasteiger partial charge in [0.05, 0.1) is 4.47 Å². The van der Waals surface area contributed by atoms with Crippen molar-refractivity contribution in [2.45, 2.75) is 12.8 Å². The van der Waals surface area contributed by atoms with E-state index < -0.39 is 0 Å². The summed E-state index contributed by atoms with van der Waals surface area (Å²) in [6, 6.07) is 0. The van der Waals surface area contributed by atoms with Gasteiger partial charge in [-0.25, -0.2) is 9.97 Å². The van der Waals surface area contributed by atoms with Gasteiger partial charge in [0.15, 0.2) is 0 Å². The standard InChI is InChI=1S/C12H19BrN4/c1-16(2)9-10-3-5-17(6-4-10)12-14-7-11(13)8-15-12/h7-8,10H,3-6,9H2,1-2H3. The maximum Gasteiger partial charge on any atom is 0.225 e. The molecule has 0 radical (unpaired) electrons. The normalized spacial score (nSPS) is 17.8. The fourth-order valence-corrected chi connectivity index (χ4v) is 2.51. The van der Waals surface area contributed by atoms with Gasteiger partial charge in [-0.2, -0.15) is 0 Å². The molecule has 0 aromatic carbocycles. The molecule has 0 atom stereocenters. The fraction of sp³-hybridized carbons (Fsp3) is 0.667. The molecule has 1 aromatic heterocycles. The molecular formula is C12H19BrN4. The largest absolute Gasteiger partial charge is 0.341 e. The number of rotatable bonds is 3. The third kappa shape index (κ3) is 3.64. The Morgan fingerprint density at radius 2 is 1.88 bits per heavy atom. The van der Waals surface area contributed by atoms with E-state index in [-0.39, 0.29) is 0 Å². The highest BCUT2D eigenvalue weighted by Gasteiger charge is 2.21. The Kier molecular flexibility index (Phi) is 4.34. The molecule has 17 heavy (non-hydrogen) atoms. The molecule has 0 unspecified atom stereocenters. The summed E-state index contributed by atoms with van der Waals surface area (Å²) in [5, 5.41) is 0. The van der Waals surface area contributed by atoms with Crippen LogP contribution in [0.5, 0.6) is 0 Å². The molecule has 2 rings (SSSR count). The highest BCUT2D eigenvalue weighted by Crippen LogP contribution is 2.21. The van der Waals surface area contributed by atoms with Crippen LogP contribution in [0.25, 0.3) is 0 Å². The second-order valence-corrected chi connectivity index (χ2v) is 5.81. The minimum absolute atomic E-state index is 0.816. The molecule has 1 fully saturated rings. The van der Waals surface area contributed by atoms with Crippen LogP contribution in [0.1, 0.15) is 12.8 Å². The molecule has 1 aliphatic heterocycles. The van der Waals surface area contributed by atoms with E-state index in [1.54, 1.807) is 0 Å². The summed E-state index contributed by atoms with van der Waals surface area (Å²) >= 11 is 3.36. The molecule has 2 heterocycles. The van der Waals surface area contributed by atoms with Crippen LogP contribution in [0.4, 0.5) is 5.95 Å². The zero-order valence-electron chi connectivity index (χ0n) is 10.4. The average Bonchev–Trinajstić information content (AvgIpc) is 2.30. The molecule has 0 N–H and O–H groups in total. The molecule has 4 nitrogen and oxygen atoms in total. The van der Waals surface area contributed by atoms with Gasteiger partial charge in [-0.1, -0.05) is 0 Å². The van der Waals surface area contributed by atoms with Crippen LogP contribution in [0.2, 0.25) is 0 Å². The SMILES string of the molecule is CN(C)CC1CCN(c2ncc(Br)cn2)CC1. The van der Waals surface area contributed by atoms with Gasteiger partial charge in [0.1, 0.15) is 0 Å². The summed E-state index contributed by atoms with van der Waals surface area (Å²) in [4.78, 5) is 13.2. The fourth-order valence-electron chi connectivity index (χ4n) is 2.30. The van der Waals surface area contributed by atoms with Crippen molar-refractivity contribution in [2.24, 2.45) is 5.92 Å². The van der Waals surface area contributed by atoms with Gasteiger partial charge in [-0.05, 0) is 48.8 Å². The predicted octanol–water partition coefficient (Wildman–Crippen LogP) is 2.02. The first-order chi connectivity index (χ1) is 8.15. The minimum atomic E-state index is 0.816. The van der Waals surface area contributed by atoms with Crippen LogP contribution in [0.3, 0.4) is 0 Å². The summed E-state index contributed by atoms with van der Waals surface area (Å²) < 4.78 is 0.934. The Hall–Kier alpha value is -0.680. The number of aromatic nitrogens is 2. The summed E-state index contributed by atoms with van der Waals surface area (Å²) in [6.45, 7) is 3.33. The third-order valence-electron chi connectivity index (χ3n) is 3.13. The van der Waals surface area contributed by atoms with Gasteiger partial charge < -0.3 is 9.80 Å². The van der Waals surface area contributed by atoms with Gasteiger partial charge >= 0.3 is 0 Å². The van der Waals surface area contributed by atoms with Gasteiger partial charge in [0.2, 0.25) is 5.95 Å². The Morgan fingerprint density at radius 3 is 2.41 bits per heavy atom. The van der Waals surface area contributed by atoms with Crippen LogP contribution in [-0.4, -0.2) is 48.6 Å². The van der Waals surface area contributed by atoms with Crippen molar-refractivity contribution < 1.29 is 0 Å². The van der Waals surface area contributed by atoms with E-state index in [9.17, 15) is 0 Å². The smallest absolute Gasteiger partial charge is 0.225 e. The summed E-state index contributed by atoms with van der Waals surface area (Å²) in [6.07, 6.45) is 6.09. The lowest BCUT2D eigenvalue weighted by molar-refractivity contribution is 0.284. The van der Waals surface area contributed by atoms with Crippen LogP contribution in [0, 0.1) is 5.92 Å². The zero-order chi connectivity index (χ0) is 12.3. The van der Waals surface area contributed by atoms with E-state index in [1.165, 1.54) is 19.4 Å². The van der Waals surface area contributed by atoms with E-state index in [1.807, 2.05) is 12.4 Å². The molecule has 94 valence electrons. The second kappa shape index (κ2) is 5.78. The molecular weight excluding hydrogens is 280 g/mol. The monoisotopic (exact) mass is 298 g/mol. The van der Waals surface area contributed by atoms with Gasteiger partial charge in [0, 0.05) is 32.0 Å². The molecule has 0 aliphatic carbocycles. The molecule has 0 spiro atoms. The third-order valence-corrected chi connectivity index (χ3v) is 3.54. The van der Waals surface area contributed by atoms with Crippen molar-refractivity contribution in [3.05, 3.63) is 16.9 Å². The zero-order valence-corrected chi connectivity index (χ0v) is 12.0. The first-order valence-electron chi connectivity index (χ1n) is 6.02. The number of halogens is 1. The predicted molar refractivity (Wildman–Crippen MR) is 73.2 cm³/mol. The van der Waals surface area contributed by atoms with E-state index in [4.69, 9.17) is 0 Å². The molecule has 0 saturated carbocycles. The van der Waals surface area contributed by atoms with Gasteiger partial charge in [0.25, 0.3) is 0 Å². The Balaban J connectivity index is 1.88. The molecule has 1 aliphatic rings. The Morgan fingerprint density at radius 1 is 1.29 bits per heavy atom. The minimum Gasteiger partial charge on any atom is -0.341 e. The van der Waals surface area contributed by atoms with Crippen LogP contribution in [0.15, 0.2) is 16.9 Å². The summed E-state index contributed by atoms with van der Waals surface area (Å²) in [7, 11) is 4.29. The number of hydrogen-bond acceptors (Lipinski definition) is 4. The second-order valence-electron chi connectivity index (χ2n) is 4.89. The lowest BCUT2D eigenvalue weighted by atomic mass is 9.97. The van der Waals surface area contributed by atoms with E-state index in [0.29, 0.717) is 0 Å². The van der Waals surface area contributed by atoms with E-state index in [0.717, 1.165) is 29.4 Å². The highest BCUT2D eigenvalue weighted by atomic mass is 79.9. The maximum absolute atomic E-state index is 4.35. The average molecular weight is 299 g/mol. The van der Waals surface area contributed by atoms with Crippen molar-refractivity contribution in [2.75, 3.05) is 38.6 Å². The molecule has 1 saturated heterocycles. The maximum atomic E-state index is 4.35. The first-order valence-corrected chi connectivity index (χ1v) is 6.81. The number of piperidine rings is 1. The lowest BCUT2D eigenvalue weighted by Gasteiger charge is -2.33. The van der Waals surface area contributed by atoms with Crippen LogP contribution < -0.4 is 4.90 Å². The topological polar surface area (TPSA) is 32.3 Å². The lowest BCUT2D eigenvalue weighted by Crippen LogP contribution is -2.37. The molecule has 5 heteroatoms. The van der Waals surface area contributed by atoms with Crippen LogP contribution >= 0.6 is 15.9 Å². The number of nitrogens with zero attached hydrogens (tertiary/aromatic N) is 4. The summed E-state index contributed by atoms with van der Waals surface area (Å²) in [5.74, 6) is 1.67. The van der Waals surface area contributed by atoms with Crippen molar-refractivity contribution in [3.8, 4) is 0 Å². The Labute approximate surface area is 111 Å². The summed E-state index contributed by atoms with van der Waals surface area (Å²) in [5.41, 5.74) is 0. The van der Waals surface area contributed by atoms with Crippen molar-refractivity contribution >= 4 is 21.9 Å². The van der Waals surface area contributed by atoms with E-state index >= 15 is 0 Å². The van der Waals surface area contributed by atoms with Gasteiger partial charge in [-0.3, -0.25) is 0 Å². The van der Waals surface area contributed by atoms with Crippen molar-refractivity contribution in [1.29, 1.82) is 0 Å². The van der Waals surface area contributed by atoms with Gasteiger partial charge in [-0.15, -0.1) is 0 Å². The van der Waals surface area contributed by atoms with Crippen molar-refractivity contribution in [3.63, 3.8) is 0 Å². The van der Waals surface area contributed by atoms with Crippen LogP contribution in [-0.2, 0) is 0 Å². The molecule has 1 aromatic rings. The molecule has 0 amide bonds. The highest BCUT2D eigenvalue weighted by molar-refractivity contribution is 9.10. The van der Waals surface area contributed by atoms with E-state index in [2.05, 4.69) is 49.8 Å². The number of hydrogen-bond donors (Lipinski definition) is 0. The van der Waals surface area contributed by atoms with Crippen molar-refractivity contribution in [1.82, 2.24) is 14.9 Å². The molecule has 0 bridgehead atoms. The number of anilines is 1. The quantitative estimate of drug-likeness (QED) is 0.855. The first kappa shape index (κ1) is 12.8. The Bertz CT molecular complexity index is 344.